The molecule has 3 rings (SSSR count). The van der Waals surface area contributed by atoms with Crippen molar-refractivity contribution in [3.8, 4) is 0 Å². The molecule has 120 valence electrons. The molecule has 2 aromatic rings. The smallest absolute Gasteiger partial charge is 0.246 e. The number of thioether (sulfide) groups is 1. The minimum atomic E-state index is -0.622. The zero-order valence-corrected chi connectivity index (χ0v) is 14.9. The van der Waals surface area contributed by atoms with Crippen LogP contribution in [0.3, 0.4) is 0 Å². The number of halogens is 1. The Labute approximate surface area is 146 Å². The molecular weight excluding hydrogens is 326 g/mol. The average Bonchev–Trinajstić information content (AvgIpc) is 3.03. The maximum Gasteiger partial charge on any atom is 0.246 e. The lowest BCUT2D eigenvalue weighted by atomic mass is 10.0. The number of carbonyl (C=O) groups excluding carboxylic acids is 1. The van der Waals surface area contributed by atoms with Gasteiger partial charge in [-0.05, 0) is 30.5 Å². The van der Waals surface area contributed by atoms with E-state index in [-0.39, 0.29) is 11.3 Å². The second kappa shape index (κ2) is 6.98. The number of rotatable bonds is 3. The monoisotopic (exact) mass is 345 g/mol. The van der Waals surface area contributed by atoms with Crippen LogP contribution in [0.2, 0.25) is 0 Å². The Morgan fingerprint density at radius 2 is 1.96 bits per heavy atom. The zero-order valence-electron chi connectivity index (χ0n) is 13.3. The highest BCUT2D eigenvalue weighted by molar-refractivity contribution is 7.99. The van der Waals surface area contributed by atoms with E-state index in [4.69, 9.17) is 11.6 Å². The molecule has 2 aromatic carbocycles. The molecule has 2 atom stereocenters. The number of hydrogen-bond acceptors (Lipinski definition) is 2. The van der Waals surface area contributed by atoms with Crippen LogP contribution in [0.5, 0.6) is 0 Å². The molecule has 0 radical (unpaired) electrons. The molecule has 1 heterocycles. The van der Waals surface area contributed by atoms with Crippen LogP contribution >= 0.6 is 23.4 Å². The standard InChI is InChI=1S/C19H20ClNOS/c1-13-8-9-16(14(2)12-13)19-21(10-11-23-19)18(22)17(20)15-6-4-3-5-7-15/h3-9,12,17,19H,10-11H2,1-2H3/t17-,19+/m1/s1. The highest BCUT2D eigenvalue weighted by Gasteiger charge is 2.34. The van der Waals surface area contributed by atoms with Gasteiger partial charge in [0, 0.05) is 12.3 Å². The van der Waals surface area contributed by atoms with Gasteiger partial charge in [-0.25, -0.2) is 0 Å². The molecule has 0 aliphatic carbocycles. The second-order valence-electron chi connectivity index (χ2n) is 5.89. The van der Waals surface area contributed by atoms with Crippen LogP contribution in [0.15, 0.2) is 48.5 Å². The fraction of sp³-hybridized carbons (Fsp3) is 0.316. The third-order valence-electron chi connectivity index (χ3n) is 4.17. The normalized spacial score (nSPS) is 18.9. The van der Waals surface area contributed by atoms with E-state index in [2.05, 4.69) is 32.0 Å². The number of amides is 1. The molecule has 1 aliphatic heterocycles. The van der Waals surface area contributed by atoms with Crippen LogP contribution in [0, 0.1) is 13.8 Å². The number of carbonyl (C=O) groups is 1. The van der Waals surface area contributed by atoms with Crippen molar-refractivity contribution in [1.29, 1.82) is 0 Å². The lowest BCUT2D eigenvalue weighted by molar-refractivity contribution is -0.131. The van der Waals surface area contributed by atoms with Gasteiger partial charge in [0.25, 0.3) is 0 Å². The zero-order chi connectivity index (χ0) is 16.4. The van der Waals surface area contributed by atoms with E-state index in [0.717, 1.165) is 17.9 Å². The molecule has 1 amide bonds. The molecule has 23 heavy (non-hydrogen) atoms. The van der Waals surface area contributed by atoms with E-state index in [9.17, 15) is 4.79 Å². The molecule has 0 unspecified atom stereocenters. The Hall–Kier alpha value is -1.45. The van der Waals surface area contributed by atoms with Gasteiger partial charge in [-0.2, -0.15) is 0 Å². The van der Waals surface area contributed by atoms with Crippen LogP contribution in [-0.2, 0) is 4.79 Å². The Balaban J connectivity index is 1.85. The molecule has 0 bridgehead atoms. The third kappa shape index (κ3) is 3.41. The molecule has 1 fully saturated rings. The fourth-order valence-electron chi connectivity index (χ4n) is 2.97. The summed E-state index contributed by atoms with van der Waals surface area (Å²) in [6, 6.07) is 16.0. The largest absolute Gasteiger partial charge is 0.324 e. The van der Waals surface area contributed by atoms with Gasteiger partial charge in [0.2, 0.25) is 5.91 Å². The number of aryl methyl sites for hydroxylation is 2. The first-order valence-electron chi connectivity index (χ1n) is 7.76. The SMILES string of the molecule is Cc1ccc([C@@H]2SCCN2C(=O)[C@H](Cl)c2ccccc2)c(C)c1. The van der Waals surface area contributed by atoms with Crippen LogP contribution in [-0.4, -0.2) is 23.1 Å². The highest BCUT2D eigenvalue weighted by Crippen LogP contribution is 2.41. The van der Waals surface area contributed by atoms with Crippen molar-refractivity contribution in [3.05, 3.63) is 70.8 Å². The molecule has 0 N–H and O–H groups in total. The summed E-state index contributed by atoms with van der Waals surface area (Å²) < 4.78 is 0. The van der Waals surface area contributed by atoms with Crippen molar-refractivity contribution in [1.82, 2.24) is 4.90 Å². The number of alkyl halides is 1. The van der Waals surface area contributed by atoms with E-state index in [1.165, 1.54) is 16.7 Å². The maximum absolute atomic E-state index is 12.9. The maximum atomic E-state index is 12.9. The summed E-state index contributed by atoms with van der Waals surface area (Å²) in [5, 5.41) is -0.559. The van der Waals surface area contributed by atoms with Gasteiger partial charge in [-0.1, -0.05) is 54.1 Å². The third-order valence-corrected chi connectivity index (χ3v) is 5.86. The Bertz CT molecular complexity index is 704. The fourth-order valence-corrected chi connectivity index (χ4v) is 4.60. The molecular formula is C19H20ClNOS. The summed E-state index contributed by atoms with van der Waals surface area (Å²) in [7, 11) is 0. The van der Waals surface area contributed by atoms with Gasteiger partial charge in [0.05, 0.1) is 0 Å². The summed E-state index contributed by atoms with van der Waals surface area (Å²) in [5.41, 5.74) is 4.54. The van der Waals surface area contributed by atoms with Crippen molar-refractivity contribution >= 4 is 29.3 Å². The summed E-state index contributed by atoms with van der Waals surface area (Å²) >= 11 is 8.27. The van der Waals surface area contributed by atoms with Gasteiger partial charge >= 0.3 is 0 Å². The van der Waals surface area contributed by atoms with E-state index < -0.39 is 5.38 Å². The number of benzene rings is 2. The Morgan fingerprint density at radius 3 is 2.65 bits per heavy atom. The molecule has 1 aliphatic rings. The first-order chi connectivity index (χ1) is 11.1. The first-order valence-corrected chi connectivity index (χ1v) is 9.24. The molecule has 0 spiro atoms. The molecule has 0 aromatic heterocycles. The Kier molecular flexibility index (Phi) is 4.98. The summed E-state index contributed by atoms with van der Waals surface area (Å²) in [5.74, 6) is 0.940. The predicted molar refractivity (Wildman–Crippen MR) is 97.9 cm³/mol. The van der Waals surface area contributed by atoms with Crippen molar-refractivity contribution in [2.45, 2.75) is 24.6 Å². The van der Waals surface area contributed by atoms with Crippen LogP contribution in [0.1, 0.15) is 33.0 Å². The topological polar surface area (TPSA) is 20.3 Å². The van der Waals surface area contributed by atoms with Crippen molar-refractivity contribution < 1.29 is 4.79 Å². The molecule has 4 heteroatoms. The van der Waals surface area contributed by atoms with Gasteiger partial charge in [-0.3, -0.25) is 4.79 Å². The Morgan fingerprint density at radius 1 is 1.22 bits per heavy atom. The highest BCUT2D eigenvalue weighted by atomic mass is 35.5. The van der Waals surface area contributed by atoms with Crippen molar-refractivity contribution in [2.24, 2.45) is 0 Å². The second-order valence-corrected chi connectivity index (χ2v) is 7.51. The lowest BCUT2D eigenvalue weighted by Crippen LogP contribution is -2.33. The summed E-state index contributed by atoms with van der Waals surface area (Å²) in [4.78, 5) is 14.8. The van der Waals surface area contributed by atoms with Gasteiger partial charge in [-0.15, -0.1) is 23.4 Å². The minimum Gasteiger partial charge on any atom is -0.324 e. The van der Waals surface area contributed by atoms with Crippen LogP contribution in [0.25, 0.3) is 0 Å². The summed E-state index contributed by atoms with van der Waals surface area (Å²) in [6.07, 6.45) is 0. The van der Waals surface area contributed by atoms with Gasteiger partial charge in [0.15, 0.2) is 0 Å². The summed E-state index contributed by atoms with van der Waals surface area (Å²) in [6.45, 7) is 4.95. The van der Waals surface area contributed by atoms with E-state index >= 15 is 0 Å². The van der Waals surface area contributed by atoms with E-state index in [1.54, 1.807) is 0 Å². The molecule has 1 saturated heterocycles. The number of nitrogens with zero attached hydrogens (tertiary/aromatic N) is 1. The quantitative estimate of drug-likeness (QED) is 0.740. The number of hydrogen-bond donors (Lipinski definition) is 0. The van der Waals surface area contributed by atoms with E-state index in [1.807, 2.05) is 47.0 Å². The first kappa shape index (κ1) is 16.4. The lowest BCUT2D eigenvalue weighted by Gasteiger charge is -2.27. The predicted octanol–water partition coefficient (Wildman–Crippen LogP) is 4.86. The van der Waals surface area contributed by atoms with Crippen LogP contribution < -0.4 is 0 Å². The van der Waals surface area contributed by atoms with Crippen LogP contribution in [0.4, 0.5) is 0 Å². The van der Waals surface area contributed by atoms with Gasteiger partial charge in [0.1, 0.15) is 10.8 Å². The van der Waals surface area contributed by atoms with E-state index in [0.29, 0.717) is 0 Å². The van der Waals surface area contributed by atoms with Gasteiger partial charge < -0.3 is 4.90 Å². The average molecular weight is 346 g/mol. The molecule has 2 nitrogen and oxygen atoms in total. The van der Waals surface area contributed by atoms with Crippen molar-refractivity contribution in [3.63, 3.8) is 0 Å². The molecule has 0 saturated carbocycles. The van der Waals surface area contributed by atoms with Crippen molar-refractivity contribution in [2.75, 3.05) is 12.3 Å². The minimum absolute atomic E-state index is 0.00663.